The highest BCUT2D eigenvalue weighted by atomic mass is 32.2. The number of rotatable bonds is 1. The molecule has 2 amide bonds. The number of thioether (sulfide) groups is 1. The molecule has 2 aliphatic rings. The molecule has 0 saturated carbocycles. The summed E-state index contributed by atoms with van der Waals surface area (Å²) in [5.74, 6) is -0.238. The highest BCUT2D eigenvalue weighted by Gasteiger charge is 2.37. The van der Waals surface area contributed by atoms with Crippen LogP contribution in [0.2, 0.25) is 0 Å². The molecule has 1 N–H and O–H groups in total. The zero-order valence-corrected chi connectivity index (χ0v) is 12.0. The fraction of sp³-hybridized carbons (Fsp3) is 0.800. The SMILES string of the molecule is O=C(O)C1CSCN1C(=O)N1CCCS(=O)(=O)CC1. The second-order valence-electron chi connectivity index (χ2n) is 4.60. The summed E-state index contributed by atoms with van der Waals surface area (Å²) in [5.41, 5.74) is 0. The van der Waals surface area contributed by atoms with Gasteiger partial charge in [-0.1, -0.05) is 0 Å². The second-order valence-corrected chi connectivity index (χ2v) is 7.90. The Morgan fingerprint density at radius 2 is 1.95 bits per heavy atom. The van der Waals surface area contributed by atoms with Gasteiger partial charge in [-0.05, 0) is 6.42 Å². The minimum atomic E-state index is -3.07. The molecule has 1 unspecified atom stereocenters. The van der Waals surface area contributed by atoms with Crippen LogP contribution < -0.4 is 0 Å². The standard InChI is InChI=1S/C10H16N2O5S2/c13-9(14)8-6-18-7-12(8)10(15)11-2-1-4-19(16,17)5-3-11/h8H,1-7H2,(H,13,14). The van der Waals surface area contributed by atoms with E-state index in [9.17, 15) is 18.0 Å². The summed E-state index contributed by atoms with van der Waals surface area (Å²) in [6.07, 6.45) is 0.410. The largest absolute Gasteiger partial charge is 0.480 e. The third-order valence-corrected chi connectivity index (χ3v) is 5.97. The number of sulfone groups is 1. The molecule has 0 bridgehead atoms. The lowest BCUT2D eigenvalue weighted by Crippen LogP contribution is -2.49. The van der Waals surface area contributed by atoms with Crippen LogP contribution in [0.25, 0.3) is 0 Å². The number of nitrogens with zero attached hydrogens (tertiary/aromatic N) is 2. The molecule has 19 heavy (non-hydrogen) atoms. The molecule has 108 valence electrons. The zero-order chi connectivity index (χ0) is 14.0. The molecule has 9 heteroatoms. The minimum absolute atomic E-state index is 0.0442. The van der Waals surface area contributed by atoms with E-state index in [4.69, 9.17) is 5.11 Å². The van der Waals surface area contributed by atoms with Gasteiger partial charge in [0, 0.05) is 18.8 Å². The van der Waals surface area contributed by atoms with E-state index in [1.807, 2.05) is 0 Å². The molecular weight excluding hydrogens is 292 g/mol. The van der Waals surface area contributed by atoms with E-state index in [1.165, 1.54) is 21.6 Å². The summed E-state index contributed by atoms with van der Waals surface area (Å²) in [4.78, 5) is 26.1. The summed E-state index contributed by atoms with van der Waals surface area (Å²) in [6.45, 7) is 0.514. The molecule has 2 saturated heterocycles. The van der Waals surface area contributed by atoms with Crippen LogP contribution in [-0.4, -0.2) is 77.6 Å². The van der Waals surface area contributed by atoms with Gasteiger partial charge < -0.3 is 14.9 Å². The number of carboxylic acid groups (broad SMARTS) is 1. The summed E-state index contributed by atoms with van der Waals surface area (Å²) in [6, 6.07) is -1.17. The normalized spacial score (nSPS) is 27.1. The number of carbonyl (C=O) groups is 2. The van der Waals surface area contributed by atoms with Gasteiger partial charge in [0.1, 0.15) is 6.04 Å². The lowest BCUT2D eigenvalue weighted by Gasteiger charge is -2.28. The van der Waals surface area contributed by atoms with E-state index < -0.39 is 21.8 Å². The van der Waals surface area contributed by atoms with Gasteiger partial charge in [-0.2, -0.15) is 0 Å². The summed E-state index contributed by atoms with van der Waals surface area (Å²) in [7, 11) is -3.07. The molecule has 0 aliphatic carbocycles. The Labute approximate surface area is 115 Å². The Kier molecular flexibility index (Phi) is 4.24. The van der Waals surface area contributed by atoms with E-state index in [1.54, 1.807) is 0 Å². The molecule has 2 aliphatic heterocycles. The van der Waals surface area contributed by atoms with Crippen molar-refractivity contribution in [2.24, 2.45) is 0 Å². The van der Waals surface area contributed by atoms with Crippen molar-refractivity contribution in [2.45, 2.75) is 12.5 Å². The van der Waals surface area contributed by atoms with E-state index in [2.05, 4.69) is 0 Å². The van der Waals surface area contributed by atoms with Crippen LogP contribution in [0.3, 0.4) is 0 Å². The van der Waals surface area contributed by atoms with Crippen molar-refractivity contribution >= 4 is 33.6 Å². The van der Waals surface area contributed by atoms with Gasteiger partial charge in [-0.3, -0.25) is 0 Å². The van der Waals surface area contributed by atoms with Gasteiger partial charge in [-0.25, -0.2) is 18.0 Å². The molecule has 2 heterocycles. The molecule has 2 fully saturated rings. The maximum Gasteiger partial charge on any atom is 0.327 e. The van der Waals surface area contributed by atoms with Crippen LogP contribution in [-0.2, 0) is 14.6 Å². The van der Waals surface area contributed by atoms with Gasteiger partial charge in [0.2, 0.25) is 0 Å². The van der Waals surface area contributed by atoms with Crippen molar-refractivity contribution in [1.29, 1.82) is 0 Å². The maximum absolute atomic E-state index is 12.3. The number of urea groups is 1. The van der Waals surface area contributed by atoms with Crippen molar-refractivity contribution in [1.82, 2.24) is 9.80 Å². The van der Waals surface area contributed by atoms with Crippen molar-refractivity contribution in [3.63, 3.8) is 0 Å². The lowest BCUT2D eigenvalue weighted by molar-refractivity contribution is -0.140. The lowest BCUT2D eigenvalue weighted by atomic mass is 10.3. The first-order valence-corrected chi connectivity index (χ1v) is 8.95. The third-order valence-electron chi connectivity index (χ3n) is 3.24. The van der Waals surface area contributed by atoms with Crippen LogP contribution in [0.5, 0.6) is 0 Å². The Hall–Kier alpha value is -0.960. The Morgan fingerprint density at radius 3 is 2.63 bits per heavy atom. The molecule has 0 aromatic heterocycles. The van der Waals surface area contributed by atoms with Crippen molar-refractivity contribution < 1.29 is 23.1 Å². The summed E-state index contributed by atoms with van der Waals surface area (Å²) < 4.78 is 23.0. The zero-order valence-electron chi connectivity index (χ0n) is 10.3. The van der Waals surface area contributed by atoms with E-state index in [0.29, 0.717) is 24.6 Å². The number of hydrogen-bond acceptors (Lipinski definition) is 5. The molecule has 7 nitrogen and oxygen atoms in total. The van der Waals surface area contributed by atoms with Gasteiger partial charge in [0.05, 0.1) is 17.4 Å². The van der Waals surface area contributed by atoms with Crippen LogP contribution >= 0.6 is 11.8 Å². The average molecular weight is 308 g/mol. The van der Waals surface area contributed by atoms with E-state index in [0.717, 1.165) is 0 Å². The van der Waals surface area contributed by atoms with Crippen LogP contribution in [0.4, 0.5) is 4.79 Å². The fourth-order valence-electron chi connectivity index (χ4n) is 2.15. The summed E-state index contributed by atoms with van der Waals surface area (Å²) in [5, 5.41) is 9.05. The first-order valence-electron chi connectivity index (χ1n) is 5.97. The Morgan fingerprint density at radius 1 is 1.21 bits per heavy atom. The number of carboxylic acids is 1. The van der Waals surface area contributed by atoms with Gasteiger partial charge in [0.15, 0.2) is 9.84 Å². The van der Waals surface area contributed by atoms with Gasteiger partial charge in [0.25, 0.3) is 0 Å². The van der Waals surface area contributed by atoms with Gasteiger partial charge >= 0.3 is 12.0 Å². The quantitative estimate of drug-likeness (QED) is 0.714. The maximum atomic E-state index is 12.3. The second kappa shape index (κ2) is 5.58. The Balaban J connectivity index is 2.05. The molecule has 0 aromatic rings. The number of aliphatic carboxylic acids is 1. The monoisotopic (exact) mass is 308 g/mol. The molecule has 0 aromatic carbocycles. The average Bonchev–Trinajstić information content (AvgIpc) is 2.74. The highest BCUT2D eigenvalue weighted by Crippen LogP contribution is 2.23. The summed E-state index contributed by atoms with van der Waals surface area (Å²) >= 11 is 1.40. The molecule has 1 atom stereocenters. The molecule has 0 radical (unpaired) electrons. The number of amides is 2. The van der Waals surface area contributed by atoms with Crippen molar-refractivity contribution in [3.05, 3.63) is 0 Å². The smallest absolute Gasteiger partial charge is 0.327 e. The molecule has 0 spiro atoms. The molecular formula is C10H16N2O5S2. The first-order chi connectivity index (χ1) is 8.91. The van der Waals surface area contributed by atoms with Crippen molar-refractivity contribution in [2.75, 3.05) is 36.2 Å². The molecule has 2 rings (SSSR count). The van der Waals surface area contributed by atoms with Crippen LogP contribution in [0.1, 0.15) is 6.42 Å². The first kappa shape index (κ1) is 14.4. The van der Waals surface area contributed by atoms with Crippen LogP contribution in [0.15, 0.2) is 0 Å². The van der Waals surface area contributed by atoms with E-state index in [-0.39, 0.29) is 24.1 Å². The Bertz CT molecular complexity index is 478. The third kappa shape index (κ3) is 3.33. The minimum Gasteiger partial charge on any atom is -0.480 e. The topological polar surface area (TPSA) is 95.0 Å². The predicted octanol–water partition coefficient (Wildman–Crippen LogP) is -0.314. The number of hydrogen-bond donors (Lipinski definition) is 1. The predicted molar refractivity (Wildman–Crippen MR) is 70.8 cm³/mol. The highest BCUT2D eigenvalue weighted by molar-refractivity contribution is 7.99. The number of carbonyl (C=O) groups excluding carboxylic acids is 1. The van der Waals surface area contributed by atoms with Gasteiger partial charge in [-0.15, -0.1) is 11.8 Å². The van der Waals surface area contributed by atoms with Crippen LogP contribution in [0, 0.1) is 0 Å². The fourth-order valence-corrected chi connectivity index (χ4v) is 4.56. The van der Waals surface area contributed by atoms with Crippen molar-refractivity contribution in [3.8, 4) is 0 Å². The van der Waals surface area contributed by atoms with E-state index >= 15 is 0 Å².